The predicted molar refractivity (Wildman–Crippen MR) is 76.5 cm³/mol. The first-order valence-electron chi connectivity index (χ1n) is 7.42. The van der Waals surface area contributed by atoms with Gasteiger partial charge < -0.3 is 15.2 Å². The molecule has 2 aliphatic heterocycles. The molecule has 104 valence electrons. The van der Waals surface area contributed by atoms with Gasteiger partial charge in [0.25, 0.3) is 0 Å². The van der Waals surface area contributed by atoms with Crippen LogP contribution < -0.4 is 5.32 Å². The molecular formula is C16H23NO2. The fraction of sp³-hybridized carbons (Fsp3) is 0.625. The second-order valence-corrected chi connectivity index (χ2v) is 5.74. The Morgan fingerprint density at radius 2 is 2.11 bits per heavy atom. The van der Waals surface area contributed by atoms with Gasteiger partial charge in [-0.2, -0.15) is 0 Å². The summed E-state index contributed by atoms with van der Waals surface area (Å²) in [5.74, 6) is 0.530. The van der Waals surface area contributed by atoms with Crippen LogP contribution in [0.1, 0.15) is 30.9 Å². The molecule has 0 radical (unpaired) electrons. The van der Waals surface area contributed by atoms with Crippen LogP contribution in [0.4, 0.5) is 5.69 Å². The van der Waals surface area contributed by atoms with E-state index in [1.807, 2.05) is 0 Å². The van der Waals surface area contributed by atoms with Gasteiger partial charge in [-0.05, 0) is 42.4 Å². The zero-order chi connectivity index (χ0) is 13.2. The molecule has 0 spiro atoms. The summed E-state index contributed by atoms with van der Waals surface area (Å²) in [7, 11) is 0. The topological polar surface area (TPSA) is 41.5 Å². The number of rotatable bonds is 2. The number of anilines is 1. The van der Waals surface area contributed by atoms with E-state index >= 15 is 0 Å². The molecule has 2 aliphatic rings. The summed E-state index contributed by atoms with van der Waals surface area (Å²) in [5.41, 5.74) is 3.81. The molecule has 2 heterocycles. The van der Waals surface area contributed by atoms with E-state index in [-0.39, 0.29) is 12.1 Å². The summed E-state index contributed by atoms with van der Waals surface area (Å²) in [6.45, 7) is 3.83. The smallest absolute Gasteiger partial charge is 0.0784 e. The molecule has 2 atom stereocenters. The van der Waals surface area contributed by atoms with Crippen molar-refractivity contribution < 1.29 is 9.84 Å². The van der Waals surface area contributed by atoms with Crippen LogP contribution in [0.15, 0.2) is 18.2 Å². The van der Waals surface area contributed by atoms with Gasteiger partial charge in [0.15, 0.2) is 0 Å². The highest BCUT2D eigenvalue weighted by atomic mass is 16.5. The number of aryl methyl sites for hydroxylation is 1. The highest BCUT2D eigenvalue weighted by molar-refractivity contribution is 5.56. The lowest BCUT2D eigenvalue weighted by Gasteiger charge is -2.38. The van der Waals surface area contributed by atoms with Crippen molar-refractivity contribution >= 4 is 5.69 Å². The molecule has 2 unspecified atom stereocenters. The van der Waals surface area contributed by atoms with Gasteiger partial charge >= 0.3 is 0 Å². The number of hydrogen-bond donors (Lipinski definition) is 2. The minimum Gasteiger partial charge on any atom is -0.391 e. The van der Waals surface area contributed by atoms with E-state index in [1.165, 1.54) is 16.8 Å². The summed E-state index contributed by atoms with van der Waals surface area (Å²) in [6, 6.07) is 6.77. The Hall–Kier alpha value is -1.06. The van der Waals surface area contributed by atoms with Crippen molar-refractivity contribution in [1.29, 1.82) is 0 Å². The third kappa shape index (κ3) is 2.63. The number of fused-ring (bicyclic) bond motifs is 1. The summed E-state index contributed by atoms with van der Waals surface area (Å²) < 4.78 is 5.42. The van der Waals surface area contributed by atoms with Crippen LogP contribution in [-0.4, -0.2) is 30.5 Å². The van der Waals surface area contributed by atoms with E-state index in [9.17, 15) is 5.11 Å². The standard InChI is InChI=1S/C16H23NO2/c1-2-11-3-4-14-13(9-11)10-15(18)16(17-14)12-5-7-19-8-6-12/h3-4,9,12,15-18H,2,5-8,10H2,1H3. The van der Waals surface area contributed by atoms with E-state index in [2.05, 4.69) is 30.4 Å². The van der Waals surface area contributed by atoms with Crippen LogP contribution in [-0.2, 0) is 17.6 Å². The monoisotopic (exact) mass is 261 g/mol. The normalized spacial score (nSPS) is 27.7. The third-order valence-electron chi connectivity index (χ3n) is 4.52. The zero-order valence-electron chi connectivity index (χ0n) is 11.6. The molecule has 0 saturated carbocycles. The van der Waals surface area contributed by atoms with Crippen LogP contribution in [0.25, 0.3) is 0 Å². The van der Waals surface area contributed by atoms with E-state index in [0.717, 1.165) is 38.9 Å². The fourth-order valence-corrected chi connectivity index (χ4v) is 3.31. The molecule has 1 aromatic rings. The third-order valence-corrected chi connectivity index (χ3v) is 4.52. The lowest BCUT2D eigenvalue weighted by atomic mass is 9.83. The Kier molecular flexibility index (Phi) is 3.76. The maximum absolute atomic E-state index is 10.4. The first-order valence-corrected chi connectivity index (χ1v) is 7.42. The van der Waals surface area contributed by atoms with Crippen LogP contribution in [0.2, 0.25) is 0 Å². The van der Waals surface area contributed by atoms with Crippen molar-refractivity contribution in [3.8, 4) is 0 Å². The first kappa shape index (κ1) is 12.9. The number of benzene rings is 1. The molecule has 19 heavy (non-hydrogen) atoms. The Morgan fingerprint density at radius 3 is 2.84 bits per heavy atom. The van der Waals surface area contributed by atoms with Crippen LogP contribution >= 0.6 is 0 Å². The van der Waals surface area contributed by atoms with Crippen molar-refractivity contribution in [2.24, 2.45) is 5.92 Å². The number of nitrogens with one attached hydrogen (secondary N) is 1. The van der Waals surface area contributed by atoms with Crippen molar-refractivity contribution in [3.05, 3.63) is 29.3 Å². The molecule has 1 saturated heterocycles. The first-order chi connectivity index (χ1) is 9.28. The van der Waals surface area contributed by atoms with E-state index in [1.54, 1.807) is 0 Å². The Labute approximate surface area is 115 Å². The van der Waals surface area contributed by atoms with Crippen molar-refractivity contribution in [1.82, 2.24) is 0 Å². The zero-order valence-corrected chi connectivity index (χ0v) is 11.6. The van der Waals surface area contributed by atoms with E-state index < -0.39 is 0 Å². The van der Waals surface area contributed by atoms with Gasteiger partial charge in [0.05, 0.1) is 12.1 Å². The molecule has 0 aromatic heterocycles. The molecule has 3 nitrogen and oxygen atoms in total. The van der Waals surface area contributed by atoms with E-state index in [0.29, 0.717) is 5.92 Å². The molecule has 1 aromatic carbocycles. The fourth-order valence-electron chi connectivity index (χ4n) is 3.31. The molecule has 0 amide bonds. The molecule has 3 rings (SSSR count). The molecule has 3 heteroatoms. The Bertz CT molecular complexity index is 440. The highest BCUT2D eigenvalue weighted by Crippen LogP contribution is 2.32. The number of aliphatic hydroxyl groups excluding tert-OH is 1. The summed E-state index contributed by atoms with van der Waals surface area (Å²) in [5, 5.41) is 14.0. The van der Waals surface area contributed by atoms with E-state index in [4.69, 9.17) is 4.74 Å². The maximum atomic E-state index is 10.4. The lowest BCUT2D eigenvalue weighted by Crippen LogP contribution is -2.46. The Balaban J connectivity index is 1.79. The second kappa shape index (κ2) is 5.51. The average molecular weight is 261 g/mol. The number of hydrogen-bond acceptors (Lipinski definition) is 3. The maximum Gasteiger partial charge on any atom is 0.0784 e. The van der Waals surface area contributed by atoms with Gasteiger partial charge in [-0.25, -0.2) is 0 Å². The van der Waals surface area contributed by atoms with Gasteiger partial charge in [0.2, 0.25) is 0 Å². The van der Waals surface area contributed by atoms with Crippen molar-refractivity contribution in [2.75, 3.05) is 18.5 Å². The minimum atomic E-state index is -0.275. The number of aliphatic hydroxyl groups is 1. The highest BCUT2D eigenvalue weighted by Gasteiger charge is 2.33. The summed E-state index contributed by atoms with van der Waals surface area (Å²) in [4.78, 5) is 0. The van der Waals surface area contributed by atoms with Gasteiger partial charge in [-0.1, -0.05) is 19.1 Å². The molecule has 1 fully saturated rings. The Morgan fingerprint density at radius 1 is 1.32 bits per heavy atom. The SMILES string of the molecule is CCc1ccc2c(c1)CC(O)C(C1CCOCC1)N2. The molecule has 0 aliphatic carbocycles. The molecular weight excluding hydrogens is 238 g/mol. The lowest BCUT2D eigenvalue weighted by molar-refractivity contribution is 0.0348. The summed E-state index contributed by atoms with van der Waals surface area (Å²) >= 11 is 0. The van der Waals surface area contributed by atoms with Crippen molar-refractivity contribution in [2.45, 2.75) is 44.8 Å². The predicted octanol–water partition coefficient (Wildman–Crippen LogP) is 2.37. The molecule has 0 bridgehead atoms. The minimum absolute atomic E-state index is 0.184. The van der Waals surface area contributed by atoms with Crippen LogP contribution in [0.3, 0.4) is 0 Å². The van der Waals surface area contributed by atoms with Gasteiger partial charge in [0.1, 0.15) is 0 Å². The molecule has 2 N–H and O–H groups in total. The number of ether oxygens (including phenoxy) is 1. The van der Waals surface area contributed by atoms with Crippen LogP contribution in [0, 0.1) is 5.92 Å². The van der Waals surface area contributed by atoms with Crippen molar-refractivity contribution in [3.63, 3.8) is 0 Å². The van der Waals surface area contributed by atoms with Crippen LogP contribution in [0.5, 0.6) is 0 Å². The van der Waals surface area contributed by atoms with Gasteiger partial charge in [-0.15, -0.1) is 0 Å². The largest absolute Gasteiger partial charge is 0.391 e. The quantitative estimate of drug-likeness (QED) is 0.859. The second-order valence-electron chi connectivity index (χ2n) is 5.74. The summed E-state index contributed by atoms with van der Waals surface area (Å²) in [6.07, 6.45) is 3.65. The van der Waals surface area contributed by atoms with Gasteiger partial charge in [0, 0.05) is 25.3 Å². The average Bonchev–Trinajstić information content (AvgIpc) is 2.47. The van der Waals surface area contributed by atoms with Gasteiger partial charge in [-0.3, -0.25) is 0 Å².